The lowest BCUT2D eigenvalue weighted by Gasteiger charge is -2.27. The van der Waals surface area contributed by atoms with Crippen molar-refractivity contribution in [1.82, 2.24) is 4.90 Å². The quantitative estimate of drug-likeness (QED) is 0.911. The largest absolute Gasteiger partial charge is 0.469 e. The van der Waals surface area contributed by atoms with Crippen LogP contribution in [-0.2, 0) is 13.0 Å². The number of aryl methyl sites for hydroxylation is 1. The Morgan fingerprint density at radius 2 is 2.24 bits per heavy atom. The highest BCUT2D eigenvalue weighted by Crippen LogP contribution is 2.29. The first-order chi connectivity index (χ1) is 10.1. The fraction of sp³-hybridized carbons (Fsp3) is 0.312. The van der Waals surface area contributed by atoms with Crippen LogP contribution in [0.25, 0.3) is 0 Å². The van der Waals surface area contributed by atoms with E-state index >= 15 is 0 Å². The average Bonchev–Trinajstić information content (AvgIpc) is 2.95. The fourth-order valence-corrected chi connectivity index (χ4v) is 2.69. The number of nitrogens with two attached hydrogens (primary N) is 1. The Bertz CT molecular complexity index is 678. The van der Waals surface area contributed by atoms with Crippen LogP contribution in [-0.4, -0.2) is 18.0 Å². The molecule has 1 aromatic carbocycles. The summed E-state index contributed by atoms with van der Waals surface area (Å²) in [5.74, 6) is 0.922. The number of fused-ring (bicyclic) bond motifs is 1. The number of nitrogens with zero attached hydrogens (tertiary/aromatic N) is 1. The number of benzene rings is 1. The first-order valence-electron chi connectivity index (χ1n) is 7.07. The van der Waals surface area contributed by atoms with Gasteiger partial charge in [0.05, 0.1) is 12.3 Å². The SMILES string of the molecule is CCc1occc1C(N)c1ccc2c(c1)CN(C)C(=O)N2. The number of hydrogen-bond acceptors (Lipinski definition) is 3. The topological polar surface area (TPSA) is 71.5 Å². The Kier molecular flexibility index (Phi) is 3.43. The molecule has 2 amide bonds. The van der Waals surface area contributed by atoms with E-state index in [0.717, 1.165) is 34.6 Å². The summed E-state index contributed by atoms with van der Waals surface area (Å²) in [4.78, 5) is 13.3. The molecule has 1 unspecified atom stereocenters. The standard InChI is InChI=1S/C16H19N3O2/c1-3-14-12(6-7-21-14)15(17)10-4-5-13-11(8-10)9-19(2)16(20)18-13/h4-8,15H,3,9,17H2,1-2H3,(H,18,20). The maximum absolute atomic E-state index is 11.6. The lowest BCUT2D eigenvalue weighted by Crippen LogP contribution is -2.35. The first kappa shape index (κ1) is 13.7. The van der Waals surface area contributed by atoms with Gasteiger partial charge in [0.25, 0.3) is 0 Å². The molecular weight excluding hydrogens is 266 g/mol. The van der Waals surface area contributed by atoms with Gasteiger partial charge in [-0.1, -0.05) is 19.1 Å². The van der Waals surface area contributed by atoms with Crippen molar-refractivity contribution in [2.45, 2.75) is 25.9 Å². The summed E-state index contributed by atoms with van der Waals surface area (Å²) >= 11 is 0. The van der Waals surface area contributed by atoms with Gasteiger partial charge in [-0.25, -0.2) is 4.79 Å². The van der Waals surface area contributed by atoms with Crippen molar-refractivity contribution >= 4 is 11.7 Å². The second-order valence-corrected chi connectivity index (χ2v) is 5.33. The van der Waals surface area contributed by atoms with Gasteiger partial charge in [0, 0.05) is 31.3 Å². The molecule has 5 nitrogen and oxygen atoms in total. The molecule has 5 heteroatoms. The van der Waals surface area contributed by atoms with Crippen LogP contribution < -0.4 is 11.1 Å². The molecule has 0 fully saturated rings. The van der Waals surface area contributed by atoms with E-state index in [-0.39, 0.29) is 12.1 Å². The highest BCUT2D eigenvalue weighted by Gasteiger charge is 2.21. The Balaban J connectivity index is 1.94. The van der Waals surface area contributed by atoms with Gasteiger partial charge in [-0.3, -0.25) is 0 Å². The molecule has 110 valence electrons. The molecule has 1 atom stereocenters. The number of carbonyl (C=O) groups is 1. The van der Waals surface area contributed by atoms with E-state index in [4.69, 9.17) is 10.2 Å². The van der Waals surface area contributed by atoms with Crippen LogP contribution >= 0.6 is 0 Å². The zero-order valence-corrected chi connectivity index (χ0v) is 12.2. The van der Waals surface area contributed by atoms with Crippen LogP contribution in [0.15, 0.2) is 34.9 Å². The van der Waals surface area contributed by atoms with Crippen LogP contribution in [0.2, 0.25) is 0 Å². The highest BCUT2D eigenvalue weighted by atomic mass is 16.3. The minimum atomic E-state index is -0.216. The van der Waals surface area contributed by atoms with Crippen molar-refractivity contribution in [3.63, 3.8) is 0 Å². The molecule has 0 radical (unpaired) electrons. The molecule has 0 aliphatic carbocycles. The molecule has 0 bridgehead atoms. The molecule has 21 heavy (non-hydrogen) atoms. The first-order valence-corrected chi connectivity index (χ1v) is 7.07. The predicted octanol–water partition coefficient (Wildman–Crippen LogP) is 2.87. The molecule has 2 heterocycles. The maximum Gasteiger partial charge on any atom is 0.321 e. The van der Waals surface area contributed by atoms with Crippen LogP contribution in [0.4, 0.5) is 10.5 Å². The normalized spacial score (nSPS) is 15.6. The molecule has 3 rings (SSSR count). The fourth-order valence-electron chi connectivity index (χ4n) is 2.69. The van der Waals surface area contributed by atoms with Gasteiger partial charge in [0.15, 0.2) is 0 Å². The second kappa shape index (κ2) is 5.26. The third kappa shape index (κ3) is 2.40. The van der Waals surface area contributed by atoms with Crippen molar-refractivity contribution in [3.8, 4) is 0 Å². The van der Waals surface area contributed by atoms with E-state index in [1.807, 2.05) is 25.1 Å². The molecule has 0 saturated carbocycles. The van der Waals surface area contributed by atoms with Gasteiger partial charge in [-0.2, -0.15) is 0 Å². The van der Waals surface area contributed by atoms with Crippen LogP contribution in [0.5, 0.6) is 0 Å². The lowest BCUT2D eigenvalue weighted by molar-refractivity contribution is 0.218. The summed E-state index contributed by atoms with van der Waals surface area (Å²) in [6.45, 7) is 2.64. The van der Waals surface area contributed by atoms with Gasteiger partial charge in [0.1, 0.15) is 5.76 Å². The Morgan fingerprint density at radius 1 is 1.43 bits per heavy atom. The van der Waals surface area contributed by atoms with E-state index in [2.05, 4.69) is 11.4 Å². The molecular formula is C16H19N3O2. The molecule has 3 N–H and O–H groups in total. The third-order valence-electron chi connectivity index (χ3n) is 3.92. The van der Waals surface area contributed by atoms with Gasteiger partial charge < -0.3 is 20.4 Å². The summed E-state index contributed by atoms with van der Waals surface area (Å²) in [6.07, 6.45) is 2.50. The molecule has 0 saturated heterocycles. The number of furan rings is 1. The monoisotopic (exact) mass is 285 g/mol. The second-order valence-electron chi connectivity index (χ2n) is 5.33. The minimum absolute atomic E-state index is 0.0809. The zero-order valence-electron chi connectivity index (χ0n) is 12.2. The van der Waals surface area contributed by atoms with E-state index < -0.39 is 0 Å². The Hall–Kier alpha value is -2.27. The smallest absolute Gasteiger partial charge is 0.321 e. The number of amides is 2. The summed E-state index contributed by atoms with van der Waals surface area (Å²) in [7, 11) is 1.77. The van der Waals surface area contributed by atoms with Crippen molar-refractivity contribution in [2.24, 2.45) is 5.73 Å². The number of anilines is 1. The third-order valence-corrected chi connectivity index (χ3v) is 3.92. The molecule has 1 aromatic heterocycles. The van der Waals surface area contributed by atoms with Crippen molar-refractivity contribution in [3.05, 3.63) is 53.0 Å². The molecule has 0 spiro atoms. The number of rotatable bonds is 3. The van der Waals surface area contributed by atoms with Gasteiger partial charge in [-0.05, 0) is 23.3 Å². The number of hydrogen-bond donors (Lipinski definition) is 2. The summed E-state index contributed by atoms with van der Waals surface area (Å²) in [5, 5.41) is 2.86. The number of carbonyl (C=O) groups excluding carboxylic acids is 1. The molecule has 2 aromatic rings. The average molecular weight is 285 g/mol. The predicted molar refractivity (Wildman–Crippen MR) is 81.0 cm³/mol. The van der Waals surface area contributed by atoms with Crippen molar-refractivity contribution in [2.75, 3.05) is 12.4 Å². The minimum Gasteiger partial charge on any atom is -0.469 e. The summed E-state index contributed by atoms with van der Waals surface area (Å²) < 4.78 is 5.45. The van der Waals surface area contributed by atoms with Gasteiger partial charge >= 0.3 is 6.03 Å². The zero-order chi connectivity index (χ0) is 15.0. The number of urea groups is 1. The Labute approximate surface area is 123 Å². The van der Waals surface area contributed by atoms with Crippen molar-refractivity contribution in [1.29, 1.82) is 0 Å². The summed E-state index contributed by atoms with van der Waals surface area (Å²) in [6, 6.07) is 7.57. The van der Waals surface area contributed by atoms with E-state index in [9.17, 15) is 4.79 Å². The Morgan fingerprint density at radius 3 is 3.00 bits per heavy atom. The number of nitrogens with one attached hydrogen (secondary N) is 1. The van der Waals surface area contributed by atoms with E-state index in [0.29, 0.717) is 6.54 Å². The van der Waals surface area contributed by atoms with Gasteiger partial charge in [0.2, 0.25) is 0 Å². The van der Waals surface area contributed by atoms with E-state index in [1.165, 1.54) is 0 Å². The van der Waals surface area contributed by atoms with Crippen LogP contribution in [0.1, 0.15) is 35.4 Å². The van der Waals surface area contributed by atoms with Crippen molar-refractivity contribution < 1.29 is 9.21 Å². The molecule has 1 aliphatic heterocycles. The summed E-state index contributed by atoms with van der Waals surface area (Å²) in [5.41, 5.74) is 10.3. The maximum atomic E-state index is 11.6. The van der Waals surface area contributed by atoms with Crippen LogP contribution in [0, 0.1) is 0 Å². The lowest BCUT2D eigenvalue weighted by atomic mass is 9.96. The van der Waals surface area contributed by atoms with Crippen LogP contribution in [0.3, 0.4) is 0 Å². The molecule has 1 aliphatic rings. The van der Waals surface area contributed by atoms with Gasteiger partial charge in [-0.15, -0.1) is 0 Å². The highest BCUT2D eigenvalue weighted by molar-refractivity contribution is 5.92. The van der Waals surface area contributed by atoms with E-state index in [1.54, 1.807) is 18.2 Å².